The summed E-state index contributed by atoms with van der Waals surface area (Å²) >= 11 is 1.99. The van der Waals surface area contributed by atoms with Crippen LogP contribution in [0.3, 0.4) is 0 Å². The Bertz CT molecular complexity index is 956. The van der Waals surface area contributed by atoms with Crippen LogP contribution in [-0.4, -0.2) is 35.2 Å². The first-order valence-electron chi connectivity index (χ1n) is 7.04. The Kier molecular flexibility index (Phi) is 3.96. The Hall–Kier alpha value is -2.37. The molecule has 0 saturated carbocycles. The van der Waals surface area contributed by atoms with Crippen LogP contribution in [0.5, 0.6) is 5.75 Å². The van der Waals surface area contributed by atoms with Crippen molar-refractivity contribution in [2.75, 3.05) is 0 Å². The molecule has 0 N–H and O–H groups in total. The maximum Gasteiger partial charge on any atom is 0.369 e. The summed E-state index contributed by atoms with van der Waals surface area (Å²) in [5.41, 5.74) is 0.968. The average molecular weight is 427 g/mol. The normalized spacial score (nSPS) is 11.3. The Morgan fingerprint density at radius 2 is 2.17 bits per heavy atom. The first-order chi connectivity index (χ1) is 11.5. The molecule has 3 rings (SSSR count). The number of nitrogens with zero attached hydrogens (tertiary/aromatic N) is 7. The molecule has 0 unspecified atom stereocenters. The molecule has 0 aliphatic rings. The molecule has 0 saturated heterocycles. The maximum atomic E-state index is 12.0. The zero-order valence-electron chi connectivity index (χ0n) is 13.3. The highest BCUT2D eigenvalue weighted by Gasteiger charge is 2.18. The van der Waals surface area contributed by atoms with Crippen molar-refractivity contribution in [3.8, 4) is 11.6 Å². The molecule has 2 heterocycles. The van der Waals surface area contributed by atoms with E-state index >= 15 is 0 Å². The SMILES string of the molecule is [3H]c1ccc(OCc2c(I)nnnc2-n2nnn(C)c2=O)c(C)c1. The molecule has 0 amide bonds. The van der Waals surface area contributed by atoms with Crippen LogP contribution in [0.1, 0.15) is 12.5 Å². The number of hydrogen-bond donors (Lipinski definition) is 0. The van der Waals surface area contributed by atoms with Crippen molar-refractivity contribution in [3.63, 3.8) is 0 Å². The summed E-state index contributed by atoms with van der Waals surface area (Å²) < 4.78 is 16.1. The van der Waals surface area contributed by atoms with Gasteiger partial charge in [-0.25, -0.2) is 4.79 Å². The number of halogens is 1. The van der Waals surface area contributed by atoms with Gasteiger partial charge in [-0.05, 0) is 56.8 Å². The van der Waals surface area contributed by atoms with E-state index in [-0.39, 0.29) is 12.4 Å². The third-order valence-electron chi connectivity index (χ3n) is 3.10. The van der Waals surface area contributed by atoms with E-state index in [0.717, 1.165) is 14.9 Å². The van der Waals surface area contributed by atoms with Gasteiger partial charge in [0.25, 0.3) is 0 Å². The van der Waals surface area contributed by atoms with E-state index in [0.29, 0.717) is 21.1 Å². The Balaban J connectivity index is 1.96. The standard InChI is InChI=1S/C13H12IN7O2/c1-8-5-3-4-6-10(8)23-7-9-11(14)15-17-16-12(9)21-13(22)20(2)18-19-21/h3-6H,7H2,1-2H3/i3T. The second-order valence-corrected chi connectivity index (χ2v) is 5.68. The Labute approximate surface area is 145 Å². The van der Waals surface area contributed by atoms with Crippen LogP contribution in [0.25, 0.3) is 5.82 Å². The molecule has 118 valence electrons. The molecule has 2 aromatic heterocycles. The van der Waals surface area contributed by atoms with Crippen molar-refractivity contribution >= 4 is 22.6 Å². The minimum absolute atomic E-state index is 0.122. The molecule has 0 radical (unpaired) electrons. The topological polar surface area (TPSA) is 101 Å². The molecular formula is C13H12IN7O2. The van der Waals surface area contributed by atoms with Gasteiger partial charge in [-0.15, -0.1) is 14.9 Å². The molecule has 0 aliphatic heterocycles. The molecule has 10 heteroatoms. The molecule has 23 heavy (non-hydrogen) atoms. The summed E-state index contributed by atoms with van der Waals surface area (Å²) in [6.07, 6.45) is 0. The van der Waals surface area contributed by atoms with Gasteiger partial charge in [0.15, 0.2) is 5.82 Å². The number of aromatic nitrogens is 7. The predicted octanol–water partition coefficient (Wildman–Crippen LogP) is 0.643. The zero-order chi connectivity index (χ0) is 17.3. The number of tetrazole rings is 1. The number of hydrogen-bond acceptors (Lipinski definition) is 7. The fraction of sp³-hybridized carbons (Fsp3) is 0.231. The van der Waals surface area contributed by atoms with Crippen LogP contribution >= 0.6 is 22.6 Å². The fourth-order valence-electron chi connectivity index (χ4n) is 1.87. The van der Waals surface area contributed by atoms with Gasteiger partial charge in [-0.2, -0.15) is 4.68 Å². The smallest absolute Gasteiger partial charge is 0.369 e. The number of rotatable bonds is 4. The minimum Gasteiger partial charge on any atom is -0.488 e. The molecule has 0 atom stereocenters. The predicted molar refractivity (Wildman–Crippen MR) is 88.2 cm³/mol. The second-order valence-electron chi connectivity index (χ2n) is 4.66. The minimum atomic E-state index is -0.442. The lowest BCUT2D eigenvalue weighted by atomic mass is 10.2. The number of ether oxygens (including phenoxy) is 1. The van der Waals surface area contributed by atoms with Crippen molar-refractivity contribution in [3.05, 3.63) is 49.6 Å². The summed E-state index contributed by atoms with van der Waals surface area (Å²) in [5, 5.41) is 18.9. The van der Waals surface area contributed by atoms with Crippen LogP contribution in [0.4, 0.5) is 0 Å². The first kappa shape index (κ1) is 14.2. The molecule has 9 nitrogen and oxygen atoms in total. The second kappa shape index (κ2) is 6.40. The first-order valence-corrected chi connectivity index (χ1v) is 7.62. The third-order valence-corrected chi connectivity index (χ3v) is 3.97. The van der Waals surface area contributed by atoms with E-state index in [1.807, 2.05) is 29.5 Å². The molecule has 1 aromatic carbocycles. The summed E-state index contributed by atoms with van der Waals surface area (Å²) in [6.45, 7) is 1.98. The molecule has 0 fully saturated rings. The van der Waals surface area contributed by atoms with Crippen molar-refractivity contribution in [2.24, 2.45) is 7.05 Å². The monoisotopic (exact) mass is 427 g/mol. The van der Waals surface area contributed by atoms with Crippen LogP contribution in [0.15, 0.2) is 29.0 Å². The summed E-state index contributed by atoms with van der Waals surface area (Å²) in [4.78, 5) is 12.0. The van der Waals surface area contributed by atoms with Crippen LogP contribution in [0.2, 0.25) is 0 Å². The van der Waals surface area contributed by atoms with E-state index in [1.54, 1.807) is 18.2 Å². The highest BCUT2D eigenvalue weighted by molar-refractivity contribution is 14.1. The average Bonchev–Trinajstić information content (AvgIpc) is 2.87. The number of para-hydroxylation sites is 1. The summed E-state index contributed by atoms with van der Waals surface area (Å²) in [7, 11) is 1.49. The summed E-state index contributed by atoms with van der Waals surface area (Å²) in [5.74, 6) is 0.860. The van der Waals surface area contributed by atoms with Crippen LogP contribution in [-0.2, 0) is 13.7 Å². The molecule has 0 spiro atoms. The highest BCUT2D eigenvalue weighted by Crippen LogP contribution is 2.20. The van der Waals surface area contributed by atoms with Gasteiger partial charge in [0, 0.05) is 7.05 Å². The van der Waals surface area contributed by atoms with E-state index in [9.17, 15) is 4.79 Å². The maximum absolute atomic E-state index is 12.0. The zero-order valence-corrected chi connectivity index (χ0v) is 14.4. The fourth-order valence-corrected chi connectivity index (χ4v) is 2.36. The van der Waals surface area contributed by atoms with Gasteiger partial charge in [0.2, 0.25) is 0 Å². The van der Waals surface area contributed by atoms with E-state index in [1.165, 1.54) is 7.05 Å². The van der Waals surface area contributed by atoms with Crippen LogP contribution in [0, 0.1) is 10.6 Å². The van der Waals surface area contributed by atoms with Crippen molar-refractivity contribution < 1.29 is 6.11 Å². The largest absolute Gasteiger partial charge is 0.488 e. The van der Waals surface area contributed by atoms with E-state index in [4.69, 9.17) is 6.11 Å². The van der Waals surface area contributed by atoms with Crippen molar-refractivity contribution in [1.29, 1.82) is 0 Å². The van der Waals surface area contributed by atoms with Crippen molar-refractivity contribution in [1.82, 2.24) is 35.2 Å². The number of benzene rings is 1. The third kappa shape index (κ3) is 3.06. The summed E-state index contributed by atoms with van der Waals surface area (Å²) in [6, 6.07) is 5.48. The van der Waals surface area contributed by atoms with Gasteiger partial charge in [0.05, 0.1) is 6.93 Å². The Morgan fingerprint density at radius 1 is 1.35 bits per heavy atom. The van der Waals surface area contributed by atoms with Crippen molar-refractivity contribution in [2.45, 2.75) is 13.5 Å². The van der Waals surface area contributed by atoms with Gasteiger partial charge in [-0.3, -0.25) is 0 Å². The molecule has 3 aromatic rings. The lowest BCUT2D eigenvalue weighted by Crippen LogP contribution is -2.25. The van der Waals surface area contributed by atoms with E-state index in [2.05, 4.69) is 25.8 Å². The lowest BCUT2D eigenvalue weighted by molar-refractivity contribution is 0.300. The quantitative estimate of drug-likeness (QED) is 0.564. The highest BCUT2D eigenvalue weighted by atomic mass is 127. The van der Waals surface area contributed by atoms with Gasteiger partial charge < -0.3 is 4.74 Å². The van der Waals surface area contributed by atoms with Gasteiger partial charge >= 0.3 is 5.69 Å². The molecule has 0 bridgehead atoms. The molecule has 0 aliphatic carbocycles. The Morgan fingerprint density at radius 3 is 2.87 bits per heavy atom. The van der Waals surface area contributed by atoms with Gasteiger partial charge in [0.1, 0.15) is 16.1 Å². The van der Waals surface area contributed by atoms with Gasteiger partial charge in [-0.1, -0.05) is 18.2 Å². The van der Waals surface area contributed by atoms with Crippen LogP contribution < -0.4 is 10.4 Å². The lowest BCUT2D eigenvalue weighted by Gasteiger charge is -2.11. The van der Waals surface area contributed by atoms with E-state index < -0.39 is 5.69 Å². The number of aryl methyl sites for hydroxylation is 2. The molecular weight excluding hydrogens is 413 g/mol.